The number of sulfonamides is 1. The Morgan fingerprint density at radius 3 is 2.28 bits per heavy atom. The molecule has 0 aliphatic carbocycles. The average Bonchev–Trinajstić information content (AvgIpc) is 3.18. The predicted molar refractivity (Wildman–Crippen MR) is 108 cm³/mol. The van der Waals surface area contributed by atoms with Gasteiger partial charge in [-0.25, -0.2) is 8.42 Å². The molecule has 0 bridgehead atoms. The summed E-state index contributed by atoms with van der Waals surface area (Å²) in [6.45, 7) is 6.50. The molecule has 0 aromatic heterocycles. The van der Waals surface area contributed by atoms with Crippen molar-refractivity contribution in [2.24, 2.45) is 0 Å². The van der Waals surface area contributed by atoms with Crippen molar-refractivity contribution in [1.82, 2.24) is 14.1 Å². The van der Waals surface area contributed by atoms with E-state index in [2.05, 4.69) is 4.90 Å². The first-order valence-corrected chi connectivity index (χ1v) is 11.8. The number of ether oxygens (including phenoxy) is 2. The minimum atomic E-state index is -3.62. The van der Waals surface area contributed by atoms with Gasteiger partial charge < -0.3 is 14.4 Å². The van der Waals surface area contributed by atoms with Crippen LogP contribution in [0.3, 0.4) is 0 Å². The third-order valence-electron chi connectivity index (χ3n) is 5.95. The number of likely N-dealkylation sites (tertiary alicyclic amines) is 1. The molecule has 160 valence electrons. The van der Waals surface area contributed by atoms with Crippen molar-refractivity contribution in [2.75, 3.05) is 52.5 Å². The Labute approximate surface area is 172 Å². The van der Waals surface area contributed by atoms with Gasteiger partial charge >= 0.3 is 0 Å². The van der Waals surface area contributed by atoms with E-state index in [1.165, 1.54) is 4.31 Å². The molecule has 8 nitrogen and oxygen atoms in total. The zero-order valence-electron chi connectivity index (χ0n) is 16.9. The molecule has 3 aliphatic heterocycles. The third-order valence-corrected chi connectivity index (χ3v) is 7.85. The van der Waals surface area contributed by atoms with Crippen molar-refractivity contribution in [3.8, 4) is 11.5 Å². The van der Waals surface area contributed by atoms with Crippen molar-refractivity contribution < 1.29 is 22.7 Å². The zero-order chi connectivity index (χ0) is 20.4. The highest BCUT2D eigenvalue weighted by atomic mass is 32.2. The van der Waals surface area contributed by atoms with E-state index in [0.29, 0.717) is 50.9 Å². The van der Waals surface area contributed by atoms with Gasteiger partial charge in [-0.2, -0.15) is 4.31 Å². The first-order chi connectivity index (χ1) is 14.0. The lowest BCUT2D eigenvalue weighted by Gasteiger charge is -2.37. The lowest BCUT2D eigenvalue weighted by molar-refractivity contribution is -0.135. The maximum atomic E-state index is 13.1. The predicted octanol–water partition coefficient (Wildman–Crippen LogP) is 1.17. The SMILES string of the molecule is C[C@@H](C(=O)N1CCCC1)N1CCN(S(=O)(=O)c2ccc3c(c2)OCCCO3)CC1. The molecule has 0 unspecified atom stereocenters. The number of carbonyl (C=O) groups excluding carboxylic acids is 1. The van der Waals surface area contributed by atoms with Crippen LogP contribution in [0.25, 0.3) is 0 Å². The standard InChI is InChI=1S/C20H29N3O5S/c1-16(20(24)22-7-2-3-8-22)21-9-11-23(12-10-21)29(25,26)17-5-6-18-19(15-17)28-14-4-13-27-18/h5-6,15-16H,2-4,7-14H2,1H3/t16-/m0/s1. The second-order valence-electron chi connectivity index (χ2n) is 7.81. The van der Waals surface area contributed by atoms with Crippen LogP contribution in [-0.2, 0) is 14.8 Å². The second-order valence-corrected chi connectivity index (χ2v) is 9.75. The van der Waals surface area contributed by atoms with Gasteiger partial charge in [-0.15, -0.1) is 0 Å². The lowest BCUT2D eigenvalue weighted by atomic mass is 10.2. The molecule has 0 saturated carbocycles. The van der Waals surface area contributed by atoms with E-state index in [1.807, 2.05) is 11.8 Å². The summed E-state index contributed by atoms with van der Waals surface area (Å²) in [6.07, 6.45) is 2.91. The lowest BCUT2D eigenvalue weighted by Crippen LogP contribution is -2.55. The number of rotatable bonds is 4. The van der Waals surface area contributed by atoms with Crippen molar-refractivity contribution in [1.29, 1.82) is 0 Å². The molecule has 0 N–H and O–H groups in total. The normalized spacial score (nSPS) is 22.3. The van der Waals surface area contributed by atoms with E-state index in [4.69, 9.17) is 9.47 Å². The minimum Gasteiger partial charge on any atom is -0.490 e. The quantitative estimate of drug-likeness (QED) is 0.723. The number of nitrogens with zero attached hydrogens (tertiary/aromatic N) is 3. The average molecular weight is 424 g/mol. The van der Waals surface area contributed by atoms with Crippen molar-refractivity contribution in [3.63, 3.8) is 0 Å². The van der Waals surface area contributed by atoms with Gasteiger partial charge in [-0.05, 0) is 31.9 Å². The van der Waals surface area contributed by atoms with Gasteiger partial charge in [-0.3, -0.25) is 9.69 Å². The molecule has 3 aliphatic rings. The molecule has 1 aromatic carbocycles. The van der Waals surface area contributed by atoms with Crippen molar-refractivity contribution in [3.05, 3.63) is 18.2 Å². The third kappa shape index (κ3) is 4.22. The van der Waals surface area contributed by atoms with E-state index < -0.39 is 10.0 Å². The maximum Gasteiger partial charge on any atom is 0.243 e. The van der Waals surface area contributed by atoms with Crippen LogP contribution in [0, 0.1) is 0 Å². The molecule has 0 radical (unpaired) electrons. The molecule has 4 rings (SSSR count). The summed E-state index contributed by atoms with van der Waals surface area (Å²) < 4.78 is 39.0. The van der Waals surface area contributed by atoms with E-state index >= 15 is 0 Å². The molecule has 1 amide bonds. The summed E-state index contributed by atoms with van der Waals surface area (Å²) in [6, 6.07) is 4.59. The highest BCUT2D eigenvalue weighted by Gasteiger charge is 2.34. The Hall–Kier alpha value is -1.84. The van der Waals surface area contributed by atoms with Crippen LogP contribution in [0.1, 0.15) is 26.2 Å². The van der Waals surface area contributed by atoms with Crippen LogP contribution in [0.15, 0.2) is 23.1 Å². The van der Waals surface area contributed by atoms with Crippen molar-refractivity contribution >= 4 is 15.9 Å². The summed E-state index contributed by atoms with van der Waals surface area (Å²) in [5.74, 6) is 1.22. The number of hydrogen-bond donors (Lipinski definition) is 0. The highest BCUT2D eigenvalue weighted by Crippen LogP contribution is 2.33. The van der Waals surface area contributed by atoms with Crippen LogP contribution >= 0.6 is 0 Å². The molecule has 3 heterocycles. The number of carbonyl (C=O) groups is 1. The molecule has 2 saturated heterocycles. The Kier molecular flexibility index (Phi) is 5.98. The largest absolute Gasteiger partial charge is 0.490 e. The number of hydrogen-bond acceptors (Lipinski definition) is 6. The molecule has 2 fully saturated rings. The fourth-order valence-electron chi connectivity index (χ4n) is 4.14. The number of benzene rings is 1. The Morgan fingerprint density at radius 2 is 1.59 bits per heavy atom. The Bertz CT molecular complexity index is 846. The van der Waals surface area contributed by atoms with Crippen LogP contribution in [0.2, 0.25) is 0 Å². The van der Waals surface area contributed by atoms with Crippen LogP contribution in [0.4, 0.5) is 0 Å². The summed E-state index contributed by atoms with van der Waals surface area (Å²) >= 11 is 0. The summed E-state index contributed by atoms with van der Waals surface area (Å²) in [7, 11) is -3.62. The van der Waals surface area contributed by atoms with E-state index in [9.17, 15) is 13.2 Å². The van der Waals surface area contributed by atoms with E-state index in [0.717, 1.165) is 32.4 Å². The fraction of sp³-hybridized carbons (Fsp3) is 0.650. The Balaban J connectivity index is 1.41. The molecule has 29 heavy (non-hydrogen) atoms. The summed E-state index contributed by atoms with van der Waals surface area (Å²) in [5, 5.41) is 0. The summed E-state index contributed by atoms with van der Waals surface area (Å²) in [5.41, 5.74) is 0. The van der Waals surface area contributed by atoms with Crippen LogP contribution in [-0.4, -0.2) is 87.0 Å². The number of fused-ring (bicyclic) bond motifs is 1. The van der Waals surface area contributed by atoms with Crippen LogP contribution < -0.4 is 9.47 Å². The van der Waals surface area contributed by atoms with Gasteiger partial charge in [0.15, 0.2) is 11.5 Å². The monoisotopic (exact) mass is 423 g/mol. The van der Waals surface area contributed by atoms with E-state index in [-0.39, 0.29) is 16.8 Å². The molecule has 0 spiro atoms. The van der Waals surface area contributed by atoms with Gasteiger partial charge in [0.05, 0.1) is 24.2 Å². The van der Waals surface area contributed by atoms with Gasteiger partial charge in [0.1, 0.15) is 0 Å². The first-order valence-electron chi connectivity index (χ1n) is 10.4. The molecular weight excluding hydrogens is 394 g/mol. The fourth-order valence-corrected chi connectivity index (χ4v) is 5.58. The topological polar surface area (TPSA) is 79.4 Å². The van der Waals surface area contributed by atoms with Gasteiger partial charge in [0.2, 0.25) is 15.9 Å². The molecule has 1 aromatic rings. The van der Waals surface area contributed by atoms with Gasteiger partial charge in [0.25, 0.3) is 0 Å². The van der Waals surface area contributed by atoms with Crippen molar-refractivity contribution in [2.45, 2.75) is 37.1 Å². The molecular formula is C20H29N3O5S. The van der Waals surface area contributed by atoms with Gasteiger partial charge in [0, 0.05) is 51.8 Å². The molecule has 9 heteroatoms. The van der Waals surface area contributed by atoms with Gasteiger partial charge in [-0.1, -0.05) is 0 Å². The number of piperazine rings is 1. The maximum absolute atomic E-state index is 13.1. The first kappa shape index (κ1) is 20.4. The number of amides is 1. The minimum absolute atomic E-state index is 0.154. The van der Waals surface area contributed by atoms with Crippen LogP contribution in [0.5, 0.6) is 11.5 Å². The Morgan fingerprint density at radius 1 is 0.931 bits per heavy atom. The zero-order valence-corrected chi connectivity index (χ0v) is 17.7. The smallest absolute Gasteiger partial charge is 0.243 e. The summed E-state index contributed by atoms with van der Waals surface area (Å²) in [4.78, 5) is 16.9. The second kappa shape index (κ2) is 8.49. The highest BCUT2D eigenvalue weighted by molar-refractivity contribution is 7.89. The van der Waals surface area contributed by atoms with E-state index in [1.54, 1.807) is 18.2 Å². The molecule has 1 atom stereocenters.